The van der Waals surface area contributed by atoms with Gasteiger partial charge in [0.15, 0.2) is 0 Å². The molecule has 4 rings (SSSR count). The maximum atomic E-state index is 12.1. The van der Waals surface area contributed by atoms with E-state index in [0.717, 1.165) is 11.3 Å². The first kappa shape index (κ1) is 18.8. The summed E-state index contributed by atoms with van der Waals surface area (Å²) in [5.74, 6) is -0.151. The zero-order chi connectivity index (χ0) is 20.2. The smallest absolute Gasteiger partial charge is 0.275 e. The van der Waals surface area contributed by atoms with Crippen LogP contribution in [0.3, 0.4) is 0 Å². The maximum Gasteiger partial charge on any atom is 0.275 e. The Balaban J connectivity index is 1.42. The van der Waals surface area contributed by atoms with Crippen molar-refractivity contribution in [3.8, 4) is 0 Å². The largest absolute Gasteiger partial charge is 0.356 e. The van der Waals surface area contributed by atoms with Crippen molar-refractivity contribution in [3.05, 3.63) is 70.4 Å². The minimum absolute atomic E-state index is 0.151. The molecule has 0 aliphatic heterocycles. The Kier molecular flexibility index (Phi) is 5.34. The van der Waals surface area contributed by atoms with Crippen LogP contribution in [0.2, 0.25) is 0 Å². The van der Waals surface area contributed by atoms with Gasteiger partial charge in [0.1, 0.15) is 6.54 Å². The van der Waals surface area contributed by atoms with E-state index in [0.29, 0.717) is 28.7 Å². The first-order chi connectivity index (χ1) is 14.1. The van der Waals surface area contributed by atoms with Crippen LogP contribution in [-0.2, 0) is 24.3 Å². The molecule has 2 N–H and O–H groups in total. The van der Waals surface area contributed by atoms with Crippen LogP contribution in [-0.4, -0.2) is 30.3 Å². The Morgan fingerprint density at radius 1 is 1.24 bits per heavy atom. The molecule has 0 spiro atoms. The highest BCUT2D eigenvalue weighted by atomic mass is 32.1. The van der Waals surface area contributed by atoms with Gasteiger partial charge in [-0.05, 0) is 30.2 Å². The second kappa shape index (κ2) is 8.23. The Labute approximate surface area is 170 Å². The summed E-state index contributed by atoms with van der Waals surface area (Å²) in [6.07, 6.45) is 4.07. The number of carbonyl (C=O) groups is 1. The minimum Gasteiger partial charge on any atom is -0.356 e. The number of aryl methyl sites for hydroxylation is 1. The normalized spacial score (nSPS) is 10.9. The van der Waals surface area contributed by atoms with Crippen molar-refractivity contribution in [2.45, 2.75) is 26.4 Å². The molecule has 0 bridgehead atoms. The van der Waals surface area contributed by atoms with Gasteiger partial charge in [-0.15, -0.1) is 5.10 Å². The number of amides is 1. The molecule has 1 amide bonds. The summed E-state index contributed by atoms with van der Waals surface area (Å²) in [5, 5.41) is 15.0. The summed E-state index contributed by atoms with van der Waals surface area (Å²) in [6, 6.07) is 10.8. The van der Waals surface area contributed by atoms with Crippen molar-refractivity contribution in [1.29, 1.82) is 0 Å². The molecule has 0 saturated heterocycles. The fourth-order valence-corrected chi connectivity index (χ4v) is 3.61. The Bertz CT molecular complexity index is 1200. The number of benzene rings is 1. The van der Waals surface area contributed by atoms with E-state index in [1.807, 2.05) is 31.2 Å². The summed E-state index contributed by atoms with van der Waals surface area (Å²) in [5.41, 5.74) is 2.24. The monoisotopic (exact) mass is 409 g/mol. The van der Waals surface area contributed by atoms with Gasteiger partial charge in [-0.1, -0.05) is 30.4 Å². The van der Waals surface area contributed by atoms with E-state index in [-0.39, 0.29) is 18.0 Å². The number of anilines is 2. The van der Waals surface area contributed by atoms with Crippen molar-refractivity contribution in [3.63, 3.8) is 0 Å². The maximum absolute atomic E-state index is 12.1. The summed E-state index contributed by atoms with van der Waals surface area (Å²) in [4.78, 5) is 29.2. The molecular weight excluding hydrogens is 390 g/mol. The van der Waals surface area contributed by atoms with E-state index in [9.17, 15) is 9.59 Å². The van der Waals surface area contributed by atoms with Crippen LogP contribution in [0.15, 0.2) is 53.6 Å². The number of carbonyl (C=O) groups excluding carboxylic acids is 1. The lowest BCUT2D eigenvalue weighted by Crippen LogP contribution is -2.19. The van der Waals surface area contributed by atoms with E-state index in [2.05, 4.69) is 25.8 Å². The molecule has 0 aliphatic rings. The second-order valence-corrected chi connectivity index (χ2v) is 7.30. The molecule has 29 heavy (non-hydrogen) atoms. The van der Waals surface area contributed by atoms with Crippen LogP contribution in [0.4, 0.5) is 10.8 Å². The molecule has 0 unspecified atom stereocenters. The number of hydrogen-bond acceptors (Lipinski definition) is 7. The van der Waals surface area contributed by atoms with Gasteiger partial charge in [0, 0.05) is 36.4 Å². The van der Waals surface area contributed by atoms with Gasteiger partial charge >= 0.3 is 0 Å². The molecule has 0 saturated carbocycles. The van der Waals surface area contributed by atoms with Gasteiger partial charge in [0.25, 0.3) is 5.56 Å². The van der Waals surface area contributed by atoms with Crippen LogP contribution in [0.1, 0.15) is 18.2 Å². The lowest BCUT2D eigenvalue weighted by Gasteiger charge is -2.08. The second-order valence-electron chi connectivity index (χ2n) is 6.35. The molecule has 3 aromatic heterocycles. The molecule has 10 heteroatoms. The molecule has 3 heterocycles. The van der Waals surface area contributed by atoms with Crippen molar-refractivity contribution in [1.82, 2.24) is 24.4 Å². The third-order valence-electron chi connectivity index (χ3n) is 4.18. The highest BCUT2D eigenvalue weighted by molar-refractivity contribution is 7.20. The first-order valence-electron chi connectivity index (χ1n) is 9.10. The van der Waals surface area contributed by atoms with Crippen LogP contribution in [0, 0.1) is 0 Å². The first-order valence-corrected chi connectivity index (χ1v) is 9.92. The van der Waals surface area contributed by atoms with Crippen molar-refractivity contribution in [2.24, 2.45) is 0 Å². The van der Waals surface area contributed by atoms with Gasteiger partial charge in [0.2, 0.25) is 16.0 Å². The van der Waals surface area contributed by atoms with Gasteiger partial charge in [0.05, 0.1) is 0 Å². The number of hydrogen-bond donors (Lipinski definition) is 2. The Hall–Kier alpha value is -3.53. The predicted molar refractivity (Wildman–Crippen MR) is 111 cm³/mol. The molecule has 1 aromatic carbocycles. The van der Waals surface area contributed by atoms with Crippen molar-refractivity contribution in [2.75, 3.05) is 10.6 Å². The lowest BCUT2D eigenvalue weighted by atomic mass is 10.2. The van der Waals surface area contributed by atoms with Gasteiger partial charge in [-0.2, -0.15) is 9.61 Å². The molecule has 0 aliphatic carbocycles. The molecule has 148 valence electrons. The van der Waals surface area contributed by atoms with Gasteiger partial charge < -0.3 is 10.6 Å². The zero-order valence-electron chi connectivity index (χ0n) is 15.7. The van der Waals surface area contributed by atoms with Gasteiger partial charge in [-0.25, -0.2) is 4.98 Å². The standard InChI is InChI=1S/C19H19N7O2S/c1-2-14-10-17(28)26-19(23-14)29-18(24-26)20-11-13-5-3-6-15(9-13)22-16(27)12-25-8-4-7-21-25/h3-10H,2,11-12H2,1H3,(H,20,24)(H,22,27). The van der Waals surface area contributed by atoms with E-state index in [1.54, 1.807) is 23.1 Å². The fraction of sp³-hybridized carbons (Fsp3) is 0.211. The number of rotatable bonds is 7. The number of nitrogens with zero attached hydrogens (tertiary/aromatic N) is 5. The quantitative estimate of drug-likeness (QED) is 0.485. The van der Waals surface area contributed by atoms with E-state index in [4.69, 9.17) is 0 Å². The molecule has 0 radical (unpaired) electrons. The predicted octanol–water partition coefficient (Wildman–Crippen LogP) is 2.16. The van der Waals surface area contributed by atoms with E-state index >= 15 is 0 Å². The number of aromatic nitrogens is 5. The topological polar surface area (TPSA) is 106 Å². The van der Waals surface area contributed by atoms with Crippen LogP contribution >= 0.6 is 11.3 Å². The lowest BCUT2D eigenvalue weighted by molar-refractivity contribution is -0.116. The third-order valence-corrected chi connectivity index (χ3v) is 5.05. The molecule has 9 nitrogen and oxygen atoms in total. The highest BCUT2D eigenvalue weighted by Gasteiger charge is 2.09. The summed E-state index contributed by atoms with van der Waals surface area (Å²) < 4.78 is 2.87. The van der Waals surface area contributed by atoms with Crippen molar-refractivity contribution < 1.29 is 4.79 Å². The van der Waals surface area contributed by atoms with Crippen LogP contribution in [0.5, 0.6) is 0 Å². The SMILES string of the molecule is CCc1cc(=O)n2nc(NCc3cccc(NC(=O)Cn4cccn4)c3)sc2n1. The van der Waals surface area contributed by atoms with Crippen LogP contribution in [0.25, 0.3) is 4.96 Å². The minimum atomic E-state index is -0.182. The summed E-state index contributed by atoms with van der Waals surface area (Å²) in [7, 11) is 0. The van der Waals surface area contributed by atoms with Crippen LogP contribution < -0.4 is 16.2 Å². The summed E-state index contributed by atoms with van der Waals surface area (Å²) in [6.45, 7) is 2.61. The van der Waals surface area contributed by atoms with Crippen molar-refractivity contribution >= 4 is 33.0 Å². The fourth-order valence-electron chi connectivity index (χ4n) is 2.79. The molecule has 0 atom stereocenters. The Morgan fingerprint density at radius 2 is 2.14 bits per heavy atom. The third kappa shape index (κ3) is 4.49. The zero-order valence-corrected chi connectivity index (χ0v) is 16.5. The van der Waals surface area contributed by atoms with Gasteiger partial charge in [-0.3, -0.25) is 14.3 Å². The molecular formula is C19H19N7O2S. The van der Waals surface area contributed by atoms with E-state index in [1.165, 1.54) is 21.9 Å². The molecule has 4 aromatic rings. The highest BCUT2D eigenvalue weighted by Crippen LogP contribution is 2.18. The Morgan fingerprint density at radius 3 is 2.93 bits per heavy atom. The number of nitrogens with one attached hydrogen (secondary N) is 2. The molecule has 0 fully saturated rings. The average Bonchev–Trinajstić information content (AvgIpc) is 3.36. The number of fused-ring (bicyclic) bond motifs is 1. The summed E-state index contributed by atoms with van der Waals surface area (Å²) >= 11 is 1.33. The average molecular weight is 409 g/mol. The van der Waals surface area contributed by atoms with E-state index < -0.39 is 0 Å².